The molecule has 2 atom stereocenters. The molecule has 1 aliphatic rings. The predicted molar refractivity (Wildman–Crippen MR) is 80.5 cm³/mol. The second-order valence-electron chi connectivity index (χ2n) is 5.93. The molecular weight excluding hydrogens is 253 g/mol. The van der Waals surface area contributed by atoms with E-state index in [4.69, 9.17) is 4.74 Å². The van der Waals surface area contributed by atoms with E-state index in [0.717, 1.165) is 0 Å². The van der Waals surface area contributed by atoms with Crippen LogP contribution in [0.3, 0.4) is 0 Å². The largest absolute Gasteiger partial charge is 0.496 e. The lowest BCUT2D eigenvalue weighted by Crippen LogP contribution is -2.36. The molecular formula is C17H26FNO. The van der Waals surface area contributed by atoms with E-state index >= 15 is 0 Å². The van der Waals surface area contributed by atoms with E-state index in [1.807, 2.05) is 13.0 Å². The van der Waals surface area contributed by atoms with Crippen molar-refractivity contribution >= 4 is 0 Å². The molecule has 0 saturated heterocycles. The zero-order valence-electron chi connectivity index (χ0n) is 12.8. The standard InChI is InChI=1S/C17H26FNO/c1-12(14-8-5-4-6-9-14)19-13(2)17-15(18)10-7-11-16(17)20-3/h7,10-14,19H,4-6,8-9H2,1-3H3. The van der Waals surface area contributed by atoms with Crippen molar-refractivity contribution in [3.8, 4) is 5.75 Å². The van der Waals surface area contributed by atoms with Crippen molar-refractivity contribution in [1.29, 1.82) is 0 Å². The van der Waals surface area contributed by atoms with Gasteiger partial charge in [-0.25, -0.2) is 4.39 Å². The average molecular weight is 279 g/mol. The molecule has 2 rings (SSSR count). The summed E-state index contributed by atoms with van der Waals surface area (Å²) >= 11 is 0. The van der Waals surface area contributed by atoms with E-state index in [2.05, 4.69) is 12.2 Å². The second kappa shape index (κ2) is 7.07. The highest BCUT2D eigenvalue weighted by Crippen LogP contribution is 2.31. The molecule has 0 aromatic heterocycles. The van der Waals surface area contributed by atoms with Gasteiger partial charge in [-0.1, -0.05) is 25.3 Å². The molecule has 2 unspecified atom stereocenters. The molecule has 0 radical (unpaired) electrons. The maximum atomic E-state index is 14.1. The molecule has 20 heavy (non-hydrogen) atoms. The van der Waals surface area contributed by atoms with Gasteiger partial charge in [0.15, 0.2) is 0 Å². The van der Waals surface area contributed by atoms with E-state index in [-0.39, 0.29) is 11.9 Å². The number of hydrogen-bond donors (Lipinski definition) is 1. The average Bonchev–Trinajstić information content (AvgIpc) is 2.47. The molecule has 1 aliphatic carbocycles. The van der Waals surface area contributed by atoms with Crippen LogP contribution in [0, 0.1) is 11.7 Å². The summed E-state index contributed by atoms with van der Waals surface area (Å²) in [5, 5.41) is 3.56. The molecule has 0 bridgehead atoms. The second-order valence-corrected chi connectivity index (χ2v) is 5.93. The van der Waals surface area contributed by atoms with Crippen LogP contribution < -0.4 is 10.1 Å². The fraction of sp³-hybridized carbons (Fsp3) is 0.647. The van der Waals surface area contributed by atoms with Crippen LogP contribution in [-0.4, -0.2) is 13.2 Å². The maximum Gasteiger partial charge on any atom is 0.131 e. The van der Waals surface area contributed by atoms with E-state index in [1.54, 1.807) is 13.2 Å². The Bertz CT molecular complexity index is 429. The Morgan fingerprint density at radius 2 is 1.90 bits per heavy atom. The summed E-state index contributed by atoms with van der Waals surface area (Å²) in [6, 6.07) is 5.38. The first-order valence-electron chi connectivity index (χ1n) is 7.72. The van der Waals surface area contributed by atoms with Crippen LogP contribution >= 0.6 is 0 Å². The van der Waals surface area contributed by atoms with Gasteiger partial charge in [0, 0.05) is 17.6 Å². The van der Waals surface area contributed by atoms with Crippen molar-refractivity contribution in [3.05, 3.63) is 29.6 Å². The van der Waals surface area contributed by atoms with Crippen molar-refractivity contribution in [3.63, 3.8) is 0 Å². The molecule has 2 nitrogen and oxygen atoms in total. The zero-order chi connectivity index (χ0) is 14.5. The molecule has 1 aromatic rings. The zero-order valence-corrected chi connectivity index (χ0v) is 12.8. The Morgan fingerprint density at radius 1 is 1.20 bits per heavy atom. The summed E-state index contributed by atoms with van der Waals surface area (Å²) in [4.78, 5) is 0. The van der Waals surface area contributed by atoms with Gasteiger partial charge in [-0.05, 0) is 44.7 Å². The van der Waals surface area contributed by atoms with Gasteiger partial charge >= 0.3 is 0 Å². The SMILES string of the molecule is COc1cccc(F)c1C(C)NC(C)C1CCCCC1. The number of methoxy groups -OCH3 is 1. The first-order chi connectivity index (χ1) is 9.63. The van der Waals surface area contributed by atoms with Crippen LogP contribution in [0.4, 0.5) is 4.39 Å². The van der Waals surface area contributed by atoms with Crippen molar-refractivity contribution in [2.24, 2.45) is 5.92 Å². The molecule has 1 saturated carbocycles. The van der Waals surface area contributed by atoms with Crippen LogP contribution in [0.2, 0.25) is 0 Å². The van der Waals surface area contributed by atoms with Gasteiger partial charge in [-0.2, -0.15) is 0 Å². The van der Waals surface area contributed by atoms with Gasteiger partial charge in [0.2, 0.25) is 0 Å². The van der Waals surface area contributed by atoms with Crippen LogP contribution in [-0.2, 0) is 0 Å². The number of rotatable bonds is 5. The Kier molecular flexibility index (Phi) is 5.41. The van der Waals surface area contributed by atoms with Gasteiger partial charge in [-0.15, -0.1) is 0 Å². The molecule has 0 spiro atoms. The Balaban J connectivity index is 2.05. The molecule has 0 amide bonds. The van der Waals surface area contributed by atoms with Gasteiger partial charge in [0.25, 0.3) is 0 Å². The van der Waals surface area contributed by atoms with E-state index < -0.39 is 0 Å². The summed E-state index contributed by atoms with van der Waals surface area (Å²) in [6.45, 7) is 4.24. The fourth-order valence-electron chi connectivity index (χ4n) is 3.36. The lowest BCUT2D eigenvalue weighted by atomic mass is 9.84. The quantitative estimate of drug-likeness (QED) is 0.859. The first-order valence-corrected chi connectivity index (χ1v) is 7.72. The highest BCUT2D eigenvalue weighted by molar-refractivity contribution is 5.36. The predicted octanol–water partition coefficient (Wildman–Crippen LogP) is 4.45. The molecule has 1 N–H and O–H groups in total. The number of halogens is 1. The smallest absolute Gasteiger partial charge is 0.131 e. The summed E-state index contributed by atoms with van der Waals surface area (Å²) in [7, 11) is 1.59. The van der Waals surface area contributed by atoms with Crippen molar-refractivity contribution in [1.82, 2.24) is 5.32 Å². The summed E-state index contributed by atoms with van der Waals surface area (Å²) in [5.74, 6) is 1.14. The molecule has 0 heterocycles. The van der Waals surface area contributed by atoms with Gasteiger partial charge in [0.1, 0.15) is 11.6 Å². The molecule has 1 fully saturated rings. The number of nitrogens with one attached hydrogen (secondary N) is 1. The number of hydrogen-bond acceptors (Lipinski definition) is 2. The molecule has 1 aromatic carbocycles. The maximum absolute atomic E-state index is 14.1. The number of benzene rings is 1. The van der Waals surface area contributed by atoms with Gasteiger partial charge < -0.3 is 10.1 Å². The van der Waals surface area contributed by atoms with Gasteiger partial charge in [-0.3, -0.25) is 0 Å². The Morgan fingerprint density at radius 3 is 2.55 bits per heavy atom. The fourth-order valence-corrected chi connectivity index (χ4v) is 3.36. The summed E-state index contributed by atoms with van der Waals surface area (Å²) < 4.78 is 19.4. The van der Waals surface area contributed by atoms with Crippen LogP contribution in [0.25, 0.3) is 0 Å². The molecule has 112 valence electrons. The lowest BCUT2D eigenvalue weighted by Gasteiger charge is -2.31. The highest BCUT2D eigenvalue weighted by Gasteiger charge is 2.23. The third-order valence-corrected chi connectivity index (χ3v) is 4.54. The lowest BCUT2D eigenvalue weighted by molar-refractivity contribution is 0.265. The first kappa shape index (κ1) is 15.3. The number of ether oxygens (including phenoxy) is 1. The monoisotopic (exact) mass is 279 g/mol. The summed E-state index contributed by atoms with van der Waals surface area (Å²) in [6.07, 6.45) is 6.59. The normalized spacial score (nSPS) is 19.6. The van der Waals surface area contributed by atoms with E-state index in [1.165, 1.54) is 38.2 Å². The van der Waals surface area contributed by atoms with E-state index in [9.17, 15) is 4.39 Å². The highest BCUT2D eigenvalue weighted by atomic mass is 19.1. The van der Waals surface area contributed by atoms with Gasteiger partial charge in [0.05, 0.1) is 7.11 Å². The molecule has 3 heteroatoms. The Hall–Kier alpha value is -1.09. The Labute approximate surface area is 121 Å². The van der Waals surface area contributed by atoms with Crippen LogP contribution in [0.5, 0.6) is 5.75 Å². The third-order valence-electron chi connectivity index (χ3n) is 4.54. The van der Waals surface area contributed by atoms with Crippen molar-refractivity contribution in [2.45, 2.75) is 58.0 Å². The minimum atomic E-state index is -0.194. The van der Waals surface area contributed by atoms with Crippen LogP contribution in [0.1, 0.15) is 57.6 Å². The van der Waals surface area contributed by atoms with Crippen molar-refractivity contribution < 1.29 is 9.13 Å². The third kappa shape index (κ3) is 3.51. The molecule has 0 aliphatic heterocycles. The van der Waals surface area contributed by atoms with E-state index in [0.29, 0.717) is 23.3 Å². The topological polar surface area (TPSA) is 21.3 Å². The van der Waals surface area contributed by atoms with Crippen molar-refractivity contribution in [2.75, 3.05) is 7.11 Å². The minimum Gasteiger partial charge on any atom is -0.496 e. The summed E-state index contributed by atoms with van der Waals surface area (Å²) in [5.41, 5.74) is 0.637. The minimum absolute atomic E-state index is 0.0388. The van der Waals surface area contributed by atoms with Crippen LogP contribution in [0.15, 0.2) is 18.2 Å².